The highest BCUT2D eigenvalue weighted by atomic mass is 32.1. The van der Waals surface area contributed by atoms with Crippen LogP contribution in [0.25, 0.3) is 15.9 Å². The Kier molecular flexibility index (Phi) is 2.56. The lowest BCUT2D eigenvalue weighted by Crippen LogP contribution is -2.15. The molecule has 1 aliphatic carbocycles. The molecule has 96 valence electrons. The minimum atomic E-state index is 0.693. The molecule has 0 atom stereocenters. The third-order valence-electron chi connectivity index (χ3n) is 3.27. The lowest BCUT2D eigenvalue weighted by Gasteiger charge is -1.99. The van der Waals surface area contributed by atoms with Crippen LogP contribution in [-0.4, -0.2) is 26.0 Å². The van der Waals surface area contributed by atoms with Gasteiger partial charge in [-0.3, -0.25) is 0 Å². The number of benzene rings is 1. The third kappa shape index (κ3) is 2.24. The zero-order valence-electron chi connectivity index (χ0n) is 10.3. The fourth-order valence-electron chi connectivity index (χ4n) is 2.03. The van der Waals surface area contributed by atoms with Gasteiger partial charge in [0.15, 0.2) is 0 Å². The van der Waals surface area contributed by atoms with Crippen LogP contribution in [0.3, 0.4) is 0 Å². The van der Waals surface area contributed by atoms with Gasteiger partial charge >= 0.3 is 0 Å². The van der Waals surface area contributed by atoms with Crippen molar-refractivity contribution in [1.82, 2.24) is 25.3 Å². The summed E-state index contributed by atoms with van der Waals surface area (Å²) in [6.07, 6.45) is 4.56. The first-order valence-corrected chi connectivity index (χ1v) is 7.25. The summed E-state index contributed by atoms with van der Waals surface area (Å²) >= 11 is 1.64. The summed E-state index contributed by atoms with van der Waals surface area (Å²) in [5, 5.41) is 11.8. The van der Waals surface area contributed by atoms with Gasteiger partial charge in [-0.15, -0.1) is 16.4 Å². The van der Waals surface area contributed by atoms with E-state index in [9.17, 15) is 0 Å². The highest BCUT2D eigenvalue weighted by Gasteiger charge is 2.20. The second-order valence-electron chi connectivity index (χ2n) is 4.81. The predicted octanol–water partition coefficient (Wildman–Crippen LogP) is 2.13. The quantitative estimate of drug-likeness (QED) is 0.790. The number of hydrogen-bond acceptors (Lipinski definition) is 5. The van der Waals surface area contributed by atoms with Gasteiger partial charge in [-0.2, -0.15) is 0 Å². The molecule has 1 aromatic carbocycles. The molecule has 0 amide bonds. The highest BCUT2D eigenvalue weighted by Crippen LogP contribution is 2.21. The standard InChI is InChI=1S/C13H13N5S/c1-2-9(1)14-6-10-7-18(17-16-10)11-3-4-12-13(5-11)19-8-15-12/h3-5,7-9,14H,1-2,6H2. The summed E-state index contributed by atoms with van der Waals surface area (Å²) in [6.45, 7) is 0.799. The number of thiazole rings is 1. The molecule has 3 aromatic rings. The Hall–Kier alpha value is -1.79. The minimum Gasteiger partial charge on any atom is -0.308 e. The Morgan fingerprint density at radius 2 is 2.32 bits per heavy atom. The molecule has 1 saturated carbocycles. The summed E-state index contributed by atoms with van der Waals surface area (Å²) in [4.78, 5) is 4.28. The molecule has 1 fully saturated rings. The zero-order chi connectivity index (χ0) is 12.7. The Labute approximate surface area is 114 Å². The smallest absolute Gasteiger partial charge is 0.0969 e. The monoisotopic (exact) mass is 271 g/mol. The molecular weight excluding hydrogens is 258 g/mol. The Morgan fingerprint density at radius 1 is 1.37 bits per heavy atom. The van der Waals surface area contributed by atoms with Crippen LogP contribution in [0.15, 0.2) is 29.9 Å². The molecule has 0 saturated heterocycles. The van der Waals surface area contributed by atoms with Gasteiger partial charge in [0.1, 0.15) is 0 Å². The van der Waals surface area contributed by atoms with Crippen LogP contribution in [0.4, 0.5) is 0 Å². The Balaban J connectivity index is 1.59. The van der Waals surface area contributed by atoms with Crippen LogP contribution in [0.5, 0.6) is 0 Å². The SMILES string of the molecule is c1nc2ccc(-n3cc(CNC4CC4)nn3)cc2s1. The molecular formula is C13H13N5S. The zero-order valence-corrected chi connectivity index (χ0v) is 11.1. The number of rotatable bonds is 4. The van der Waals surface area contributed by atoms with Crippen molar-refractivity contribution in [3.63, 3.8) is 0 Å². The summed E-state index contributed by atoms with van der Waals surface area (Å²) in [5.41, 5.74) is 4.91. The van der Waals surface area contributed by atoms with Crippen LogP contribution in [-0.2, 0) is 6.54 Å². The van der Waals surface area contributed by atoms with Crippen LogP contribution in [0.2, 0.25) is 0 Å². The average Bonchev–Trinajstić information content (AvgIpc) is 2.96. The maximum Gasteiger partial charge on any atom is 0.0969 e. The molecule has 2 heterocycles. The molecule has 0 spiro atoms. The first-order chi connectivity index (χ1) is 9.38. The van der Waals surface area contributed by atoms with Gasteiger partial charge in [0.2, 0.25) is 0 Å². The minimum absolute atomic E-state index is 0.693. The topological polar surface area (TPSA) is 55.6 Å². The van der Waals surface area contributed by atoms with E-state index in [2.05, 4.69) is 26.7 Å². The first-order valence-electron chi connectivity index (χ1n) is 6.37. The van der Waals surface area contributed by atoms with Crippen molar-refractivity contribution in [2.45, 2.75) is 25.4 Å². The third-order valence-corrected chi connectivity index (χ3v) is 4.06. The van der Waals surface area contributed by atoms with E-state index >= 15 is 0 Å². The van der Waals surface area contributed by atoms with Gasteiger partial charge in [-0.25, -0.2) is 9.67 Å². The molecule has 0 bridgehead atoms. The molecule has 0 radical (unpaired) electrons. The maximum atomic E-state index is 4.28. The fraction of sp³-hybridized carbons (Fsp3) is 0.308. The van der Waals surface area contributed by atoms with Gasteiger partial charge in [-0.1, -0.05) is 5.21 Å². The van der Waals surface area contributed by atoms with Gasteiger partial charge < -0.3 is 5.32 Å². The van der Waals surface area contributed by atoms with Crippen molar-refractivity contribution in [3.8, 4) is 5.69 Å². The van der Waals surface area contributed by atoms with E-state index < -0.39 is 0 Å². The summed E-state index contributed by atoms with van der Waals surface area (Å²) in [6, 6.07) is 6.83. The van der Waals surface area contributed by atoms with Gasteiger partial charge in [-0.05, 0) is 31.0 Å². The largest absolute Gasteiger partial charge is 0.308 e. The van der Waals surface area contributed by atoms with E-state index in [1.54, 1.807) is 11.3 Å². The second kappa shape index (κ2) is 4.40. The molecule has 0 unspecified atom stereocenters. The molecule has 5 nitrogen and oxygen atoms in total. The number of nitrogens with one attached hydrogen (secondary N) is 1. The van der Waals surface area contributed by atoms with Crippen molar-refractivity contribution in [2.24, 2.45) is 0 Å². The van der Waals surface area contributed by atoms with Crippen molar-refractivity contribution in [1.29, 1.82) is 0 Å². The van der Waals surface area contributed by atoms with Gasteiger partial charge in [0.05, 0.1) is 33.3 Å². The average molecular weight is 271 g/mol. The lowest BCUT2D eigenvalue weighted by atomic mass is 10.3. The highest BCUT2D eigenvalue weighted by molar-refractivity contribution is 7.16. The normalized spacial score (nSPS) is 15.2. The summed E-state index contributed by atoms with van der Waals surface area (Å²) < 4.78 is 2.99. The van der Waals surface area contributed by atoms with Crippen molar-refractivity contribution in [3.05, 3.63) is 35.6 Å². The van der Waals surface area contributed by atoms with Crippen molar-refractivity contribution in [2.75, 3.05) is 0 Å². The number of hydrogen-bond donors (Lipinski definition) is 1. The van der Waals surface area contributed by atoms with E-state index in [4.69, 9.17) is 0 Å². The molecule has 0 aliphatic heterocycles. The van der Waals surface area contributed by atoms with Crippen molar-refractivity contribution < 1.29 is 0 Å². The summed E-state index contributed by atoms with van der Waals surface area (Å²) in [5.74, 6) is 0. The van der Waals surface area contributed by atoms with Gasteiger partial charge in [0.25, 0.3) is 0 Å². The van der Waals surface area contributed by atoms with Gasteiger partial charge in [0, 0.05) is 12.6 Å². The molecule has 4 rings (SSSR count). The Bertz CT molecular complexity index is 712. The molecule has 2 aromatic heterocycles. The predicted molar refractivity (Wildman–Crippen MR) is 74.4 cm³/mol. The van der Waals surface area contributed by atoms with E-state index in [0.29, 0.717) is 6.04 Å². The van der Waals surface area contributed by atoms with Crippen LogP contribution < -0.4 is 5.32 Å². The molecule has 19 heavy (non-hydrogen) atoms. The first kappa shape index (κ1) is 11.1. The van der Waals surface area contributed by atoms with E-state index in [1.807, 2.05) is 28.5 Å². The van der Waals surface area contributed by atoms with Crippen LogP contribution >= 0.6 is 11.3 Å². The second-order valence-corrected chi connectivity index (χ2v) is 5.70. The number of aromatic nitrogens is 4. The maximum absolute atomic E-state index is 4.28. The fourth-order valence-corrected chi connectivity index (χ4v) is 2.74. The molecule has 1 N–H and O–H groups in total. The molecule has 1 aliphatic rings. The van der Waals surface area contributed by atoms with E-state index in [1.165, 1.54) is 17.5 Å². The number of fused-ring (bicyclic) bond motifs is 1. The van der Waals surface area contributed by atoms with Crippen LogP contribution in [0.1, 0.15) is 18.5 Å². The molecule has 6 heteroatoms. The van der Waals surface area contributed by atoms with E-state index in [-0.39, 0.29) is 0 Å². The van der Waals surface area contributed by atoms with Crippen molar-refractivity contribution >= 4 is 21.6 Å². The van der Waals surface area contributed by atoms with Crippen LogP contribution in [0, 0.1) is 0 Å². The number of nitrogens with zero attached hydrogens (tertiary/aromatic N) is 4. The summed E-state index contributed by atoms with van der Waals surface area (Å²) in [7, 11) is 0. The lowest BCUT2D eigenvalue weighted by molar-refractivity contribution is 0.671. The Morgan fingerprint density at radius 3 is 3.21 bits per heavy atom. The van der Waals surface area contributed by atoms with E-state index in [0.717, 1.165) is 23.4 Å².